The van der Waals surface area contributed by atoms with Crippen LogP contribution in [-0.2, 0) is 0 Å². The number of piperidine rings is 1. The second-order valence-electron chi connectivity index (χ2n) is 6.06. The van der Waals surface area contributed by atoms with E-state index >= 15 is 0 Å². The van der Waals surface area contributed by atoms with Gasteiger partial charge in [0.2, 0.25) is 0 Å². The molecule has 1 unspecified atom stereocenters. The van der Waals surface area contributed by atoms with Gasteiger partial charge in [0.15, 0.2) is 5.13 Å². The molecule has 118 valence electrons. The van der Waals surface area contributed by atoms with Gasteiger partial charge in [0.05, 0.1) is 0 Å². The molecule has 0 radical (unpaired) electrons. The average Bonchev–Trinajstić information content (AvgIpc) is 2.85. The predicted octanol–water partition coefficient (Wildman–Crippen LogP) is 3.20. The molecule has 0 saturated carbocycles. The first kappa shape index (κ1) is 16.1. The summed E-state index contributed by atoms with van der Waals surface area (Å²) in [5.41, 5.74) is 5.95. The van der Waals surface area contributed by atoms with E-state index < -0.39 is 0 Å². The van der Waals surface area contributed by atoms with E-state index in [-0.39, 0.29) is 5.91 Å². The minimum absolute atomic E-state index is 0.0501. The van der Waals surface area contributed by atoms with Gasteiger partial charge < -0.3 is 16.0 Å². The molecule has 5 nitrogen and oxygen atoms in total. The fourth-order valence-corrected chi connectivity index (χ4v) is 3.52. The summed E-state index contributed by atoms with van der Waals surface area (Å²) in [6, 6.07) is 0.347. The van der Waals surface area contributed by atoms with Crippen LogP contribution in [0, 0.1) is 5.92 Å². The lowest BCUT2D eigenvalue weighted by Gasteiger charge is -2.34. The van der Waals surface area contributed by atoms with Crippen molar-refractivity contribution in [3.63, 3.8) is 0 Å². The van der Waals surface area contributed by atoms with Crippen LogP contribution in [0.4, 0.5) is 10.9 Å². The van der Waals surface area contributed by atoms with Crippen LogP contribution < -0.4 is 11.1 Å². The number of carbonyl (C=O) groups excluding carboxylic acids is 1. The van der Waals surface area contributed by atoms with Crippen molar-refractivity contribution in [1.82, 2.24) is 9.88 Å². The number of nitrogen functional groups attached to an aromatic ring is 1. The van der Waals surface area contributed by atoms with E-state index in [4.69, 9.17) is 5.73 Å². The van der Waals surface area contributed by atoms with Crippen LogP contribution in [0.1, 0.15) is 56.1 Å². The van der Waals surface area contributed by atoms with Gasteiger partial charge in [-0.15, -0.1) is 0 Å². The van der Waals surface area contributed by atoms with Crippen LogP contribution >= 0.6 is 11.3 Å². The molecular formula is C15H26N4OS. The number of hydrogen-bond donors (Lipinski definition) is 2. The van der Waals surface area contributed by atoms with E-state index in [1.807, 2.05) is 4.90 Å². The first-order valence-electron chi connectivity index (χ1n) is 7.84. The van der Waals surface area contributed by atoms with E-state index in [9.17, 15) is 4.79 Å². The molecule has 1 saturated heterocycles. The van der Waals surface area contributed by atoms with E-state index in [1.54, 1.807) is 0 Å². The molecular weight excluding hydrogens is 284 g/mol. The van der Waals surface area contributed by atoms with E-state index in [1.165, 1.54) is 17.8 Å². The van der Waals surface area contributed by atoms with Gasteiger partial charge in [0.1, 0.15) is 10.7 Å². The number of anilines is 2. The third-order valence-electron chi connectivity index (χ3n) is 3.87. The Balaban J connectivity index is 2.11. The van der Waals surface area contributed by atoms with Crippen LogP contribution in [0.3, 0.4) is 0 Å². The second kappa shape index (κ2) is 7.11. The highest BCUT2D eigenvalue weighted by atomic mass is 32.1. The first-order valence-corrected chi connectivity index (χ1v) is 8.65. The highest BCUT2D eigenvalue weighted by Gasteiger charge is 2.29. The minimum atomic E-state index is 0.0501. The summed E-state index contributed by atoms with van der Waals surface area (Å²) in [6.07, 6.45) is 4.39. The number of carbonyl (C=O) groups is 1. The molecule has 1 fully saturated rings. The summed E-state index contributed by atoms with van der Waals surface area (Å²) in [6.45, 7) is 8.08. The van der Waals surface area contributed by atoms with Crippen LogP contribution in [0.15, 0.2) is 0 Å². The maximum atomic E-state index is 12.7. The Hall–Kier alpha value is -1.30. The van der Waals surface area contributed by atoms with Crippen LogP contribution in [0.5, 0.6) is 0 Å². The summed E-state index contributed by atoms with van der Waals surface area (Å²) in [7, 11) is 0. The van der Waals surface area contributed by atoms with Crippen molar-refractivity contribution < 1.29 is 4.79 Å². The monoisotopic (exact) mass is 310 g/mol. The molecule has 1 aliphatic rings. The second-order valence-corrected chi connectivity index (χ2v) is 7.06. The van der Waals surface area contributed by atoms with Gasteiger partial charge in [-0.2, -0.15) is 0 Å². The van der Waals surface area contributed by atoms with Gasteiger partial charge in [-0.05, 0) is 31.6 Å². The number of rotatable bonds is 5. The topological polar surface area (TPSA) is 71.2 Å². The van der Waals surface area contributed by atoms with E-state index in [2.05, 4.69) is 31.1 Å². The molecule has 0 bridgehead atoms. The Kier molecular flexibility index (Phi) is 5.45. The highest BCUT2D eigenvalue weighted by Crippen LogP contribution is 2.29. The maximum absolute atomic E-state index is 12.7. The van der Waals surface area contributed by atoms with Crippen molar-refractivity contribution in [3.05, 3.63) is 4.88 Å². The number of nitrogens with one attached hydrogen (secondary N) is 1. The number of likely N-dealkylation sites (tertiary alicyclic amines) is 1. The number of nitrogens with two attached hydrogens (primary N) is 1. The number of nitrogens with zero attached hydrogens (tertiary/aromatic N) is 2. The first-order chi connectivity index (χ1) is 10.0. The molecule has 3 N–H and O–H groups in total. The summed E-state index contributed by atoms with van der Waals surface area (Å²) >= 11 is 1.38. The Labute approximate surface area is 130 Å². The zero-order valence-corrected chi connectivity index (χ0v) is 14.0. The predicted molar refractivity (Wildman–Crippen MR) is 88.8 cm³/mol. The standard InChI is InChI=1S/C15H26N4OS/c1-4-11-7-5-6-8-19(11)14(20)12-13(16)18-15(21-12)17-9-10(2)3/h10-11H,4-9,16H2,1-3H3,(H,17,18). The number of hydrogen-bond acceptors (Lipinski definition) is 5. The van der Waals surface area contributed by atoms with Crippen LogP contribution in [0.2, 0.25) is 0 Å². The fourth-order valence-electron chi connectivity index (χ4n) is 2.68. The molecule has 1 aliphatic heterocycles. The quantitative estimate of drug-likeness (QED) is 0.876. The number of aromatic nitrogens is 1. The Morgan fingerprint density at radius 3 is 2.95 bits per heavy atom. The lowest BCUT2D eigenvalue weighted by atomic mass is 10.00. The summed E-state index contributed by atoms with van der Waals surface area (Å²) in [5, 5.41) is 3.99. The normalized spacial score (nSPS) is 19.0. The molecule has 21 heavy (non-hydrogen) atoms. The van der Waals surface area contributed by atoms with Crippen LogP contribution in [-0.4, -0.2) is 34.9 Å². The summed E-state index contributed by atoms with van der Waals surface area (Å²) in [5.74, 6) is 0.937. The molecule has 1 aromatic rings. The van der Waals surface area contributed by atoms with Crippen molar-refractivity contribution in [2.75, 3.05) is 24.1 Å². The number of amides is 1. The van der Waals surface area contributed by atoms with Gasteiger partial charge in [0, 0.05) is 19.1 Å². The zero-order valence-electron chi connectivity index (χ0n) is 13.2. The Morgan fingerprint density at radius 1 is 1.52 bits per heavy atom. The summed E-state index contributed by atoms with van der Waals surface area (Å²) in [4.78, 5) is 19.6. The lowest BCUT2D eigenvalue weighted by molar-refractivity contribution is 0.0614. The Morgan fingerprint density at radius 2 is 2.29 bits per heavy atom. The van der Waals surface area contributed by atoms with Crippen molar-refractivity contribution >= 4 is 28.2 Å². The molecule has 0 spiro atoms. The van der Waals surface area contributed by atoms with Crippen molar-refractivity contribution in [3.8, 4) is 0 Å². The van der Waals surface area contributed by atoms with E-state index in [0.29, 0.717) is 22.7 Å². The van der Waals surface area contributed by atoms with Gasteiger partial charge >= 0.3 is 0 Å². The molecule has 0 aromatic carbocycles. The summed E-state index contributed by atoms with van der Waals surface area (Å²) < 4.78 is 0. The molecule has 2 rings (SSSR count). The molecule has 0 aliphatic carbocycles. The van der Waals surface area contributed by atoms with Crippen LogP contribution in [0.25, 0.3) is 0 Å². The van der Waals surface area contributed by atoms with Crippen molar-refractivity contribution in [2.24, 2.45) is 5.92 Å². The Bertz CT molecular complexity index is 486. The number of thiazole rings is 1. The zero-order chi connectivity index (χ0) is 15.4. The van der Waals surface area contributed by atoms with Gasteiger partial charge in [-0.1, -0.05) is 32.1 Å². The molecule has 1 amide bonds. The lowest BCUT2D eigenvalue weighted by Crippen LogP contribution is -2.43. The highest BCUT2D eigenvalue weighted by molar-refractivity contribution is 7.18. The van der Waals surface area contributed by atoms with Gasteiger partial charge in [0.25, 0.3) is 5.91 Å². The van der Waals surface area contributed by atoms with E-state index in [0.717, 1.165) is 37.5 Å². The fraction of sp³-hybridized carbons (Fsp3) is 0.733. The van der Waals surface area contributed by atoms with Crippen molar-refractivity contribution in [2.45, 2.75) is 52.5 Å². The third kappa shape index (κ3) is 3.87. The minimum Gasteiger partial charge on any atom is -0.382 e. The van der Waals surface area contributed by atoms with Crippen molar-refractivity contribution in [1.29, 1.82) is 0 Å². The molecule has 2 heterocycles. The third-order valence-corrected chi connectivity index (χ3v) is 4.89. The SMILES string of the molecule is CCC1CCCCN1C(=O)c1sc(NCC(C)C)nc1N. The molecule has 6 heteroatoms. The molecule has 1 aromatic heterocycles. The smallest absolute Gasteiger partial charge is 0.268 e. The average molecular weight is 310 g/mol. The maximum Gasteiger partial charge on any atom is 0.268 e. The largest absolute Gasteiger partial charge is 0.382 e. The van der Waals surface area contributed by atoms with Gasteiger partial charge in [-0.3, -0.25) is 4.79 Å². The van der Waals surface area contributed by atoms with Gasteiger partial charge in [-0.25, -0.2) is 4.98 Å². The molecule has 1 atom stereocenters.